The van der Waals surface area contributed by atoms with Gasteiger partial charge in [-0.15, -0.1) is 11.3 Å². The number of hydrogen-bond donors (Lipinski definition) is 2. The van der Waals surface area contributed by atoms with E-state index in [1.807, 2.05) is 0 Å². The largest absolute Gasteiger partial charge is 0.462 e. The second-order valence-corrected chi connectivity index (χ2v) is 8.25. The van der Waals surface area contributed by atoms with Crippen molar-refractivity contribution in [2.45, 2.75) is 25.7 Å². The maximum atomic E-state index is 13.0. The molecule has 32 heavy (non-hydrogen) atoms. The van der Waals surface area contributed by atoms with Crippen molar-refractivity contribution in [1.82, 2.24) is 4.98 Å². The number of aryl methyl sites for hydroxylation is 1. The standard InChI is InChI=1S/C23H20FN3O4S/c1-2-31-22(30)14-5-9-16(10-6-14)25-21(29)17-11-12-18-19(17)26-23(32-18)27-20(28)13-3-7-15(24)8-4-13/h3-10,17H,2,11-12H2,1H3,(H,25,29)(H,26,27,28). The van der Waals surface area contributed by atoms with Crippen molar-refractivity contribution in [1.29, 1.82) is 0 Å². The van der Waals surface area contributed by atoms with Crippen LogP contribution in [0.1, 0.15) is 50.5 Å². The molecule has 0 bridgehead atoms. The number of benzene rings is 2. The molecular weight excluding hydrogens is 433 g/mol. The Labute approximate surface area is 187 Å². The van der Waals surface area contributed by atoms with Crippen LogP contribution in [0.2, 0.25) is 0 Å². The molecular formula is C23H20FN3O4S. The van der Waals surface area contributed by atoms with Crippen molar-refractivity contribution in [2.24, 2.45) is 0 Å². The van der Waals surface area contributed by atoms with Crippen LogP contribution < -0.4 is 10.6 Å². The van der Waals surface area contributed by atoms with Gasteiger partial charge in [0.2, 0.25) is 5.91 Å². The molecule has 4 rings (SSSR count). The number of amides is 2. The molecule has 1 heterocycles. The zero-order valence-electron chi connectivity index (χ0n) is 17.2. The van der Waals surface area contributed by atoms with Gasteiger partial charge in [-0.2, -0.15) is 0 Å². The number of halogens is 1. The number of nitrogens with zero attached hydrogens (tertiary/aromatic N) is 1. The van der Waals surface area contributed by atoms with E-state index in [1.54, 1.807) is 31.2 Å². The lowest BCUT2D eigenvalue weighted by Crippen LogP contribution is -2.20. The molecule has 1 unspecified atom stereocenters. The fraction of sp³-hybridized carbons (Fsp3) is 0.217. The first-order chi connectivity index (χ1) is 15.4. The summed E-state index contributed by atoms with van der Waals surface area (Å²) >= 11 is 1.34. The van der Waals surface area contributed by atoms with Crippen LogP contribution >= 0.6 is 11.3 Å². The van der Waals surface area contributed by atoms with E-state index in [0.29, 0.717) is 47.1 Å². The van der Waals surface area contributed by atoms with E-state index in [1.165, 1.54) is 35.6 Å². The number of rotatable bonds is 6. The highest BCUT2D eigenvalue weighted by Gasteiger charge is 2.33. The Morgan fingerprint density at radius 1 is 1.06 bits per heavy atom. The van der Waals surface area contributed by atoms with E-state index in [0.717, 1.165) is 4.88 Å². The molecule has 0 saturated heterocycles. The highest BCUT2D eigenvalue weighted by Crippen LogP contribution is 2.39. The van der Waals surface area contributed by atoms with E-state index >= 15 is 0 Å². The van der Waals surface area contributed by atoms with Gasteiger partial charge in [-0.1, -0.05) is 0 Å². The Morgan fingerprint density at radius 2 is 1.75 bits per heavy atom. The van der Waals surface area contributed by atoms with E-state index in [9.17, 15) is 18.8 Å². The number of aromatic nitrogens is 1. The lowest BCUT2D eigenvalue weighted by molar-refractivity contribution is -0.117. The molecule has 1 atom stereocenters. The first-order valence-electron chi connectivity index (χ1n) is 10.1. The van der Waals surface area contributed by atoms with Crippen LogP contribution in [-0.4, -0.2) is 29.4 Å². The van der Waals surface area contributed by atoms with Crippen molar-refractivity contribution in [3.8, 4) is 0 Å². The third kappa shape index (κ3) is 4.67. The molecule has 2 N–H and O–H groups in total. The Bertz CT molecular complexity index is 1160. The Morgan fingerprint density at radius 3 is 2.44 bits per heavy atom. The summed E-state index contributed by atoms with van der Waals surface area (Å²) in [6, 6.07) is 11.7. The van der Waals surface area contributed by atoms with Gasteiger partial charge in [-0.3, -0.25) is 14.9 Å². The molecule has 0 radical (unpaired) electrons. The fourth-order valence-electron chi connectivity index (χ4n) is 3.44. The van der Waals surface area contributed by atoms with E-state index < -0.39 is 17.7 Å². The number of fused-ring (bicyclic) bond motifs is 1. The lowest BCUT2D eigenvalue weighted by atomic mass is 10.1. The summed E-state index contributed by atoms with van der Waals surface area (Å²) in [6.45, 7) is 2.03. The number of nitrogens with one attached hydrogen (secondary N) is 2. The van der Waals surface area contributed by atoms with Gasteiger partial charge >= 0.3 is 5.97 Å². The van der Waals surface area contributed by atoms with Crippen molar-refractivity contribution in [2.75, 3.05) is 17.2 Å². The summed E-state index contributed by atoms with van der Waals surface area (Å²) in [5, 5.41) is 5.97. The maximum Gasteiger partial charge on any atom is 0.338 e. The molecule has 2 aromatic carbocycles. The molecule has 2 amide bonds. The number of anilines is 2. The maximum absolute atomic E-state index is 13.0. The minimum Gasteiger partial charge on any atom is -0.462 e. The van der Waals surface area contributed by atoms with E-state index in [2.05, 4.69) is 15.6 Å². The molecule has 7 nitrogen and oxygen atoms in total. The average molecular weight is 453 g/mol. The van der Waals surface area contributed by atoms with Gasteiger partial charge in [-0.05, 0) is 68.3 Å². The van der Waals surface area contributed by atoms with Gasteiger partial charge in [0.15, 0.2) is 5.13 Å². The molecule has 0 aliphatic heterocycles. The van der Waals surface area contributed by atoms with Crippen LogP contribution in [0, 0.1) is 5.82 Å². The smallest absolute Gasteiger partial charge is 0.338 e. The normalized spacial score (nSPS) is 14.5. The third-order valence-corrected chi connectivity index (χ3v) is 6.07. The molecule has 1 aliphatic rings. The molecule has 1 aromatic heterocycles. The molecule has 0 fully saturated rings. The van der Waals surface area contributed by atoms with Crippen molar-refractivity contribution in [3.63, 3.8) is 0 Å². The van der Waals surface area contributed by atoms with Crippen molar-refractivity contribution < 1.29 is 23.5 Å². The highest BCUT2D eigenvalue weighted by molar-refractivity contribution is 7.16. The monoisotopic (exact) mass is 453 g/mol. The molecule has 9 heteroatoms. The molecule has 3 aromatic rings. The van der Waals surface area contributed by atoms with Gasteiger partial charge in [-0.25, -0.2) is 14.2 Å². The summed E-state index contributed by atoms with van der Waals surface area (Å²) in [6.07, 6.45) is 1.33. The van der Waals surface area contributed by atoms with Crippen LogP contribution in [-0.2, 0) is 16.0 Å². The van der Waals surface area contributed by atoms with Crippen molar-refractivity contribution in [3.05, 3.63) is 76.0 Å². The summed E-state index contributed by atoms with van der Waals surface area (Å²) in [5.74, 6) is -1.85. The predicted molar refractivity (Wildman–Crippen MR) is 119 cm³/mol. The number of esters is 1. The topological polar surface area (TPSA) is 97.4 Å². The summed E-state index contributed by atoms with van der Waals surface area (Å²) in [5.41, 5.74) is 1.96. The number of carbonyl (C=O) groups is 3. The number of hydrogen-bond acceptors (Lipinski definition) is 6. The van der Waals surface area contributed by atoms with Crippen LogP contribution in [0.15, 0.2) is 48.5 Å². The second kappa shape index (κ2) is 9.27. The van der Waals surface area contributed by atoms with E-state index in [4.69, 9.17) is 4.74 Å². The summed E-state index contributed by atoms with van der Waals surface area (Å²) in [4.78, 5) is 42.3. The van der Waals surface area contributed by atoms with Crippen molar-refractivity contribution >= 4 is 39.9 Å². The first-order valence-corrected chi connectivity index (χ1v) is 10.9. The lowest BCUT2D eigenvalue weighted by Gasteiger charge is -2.11. The van der Waals surface area contributed by atoms with Gasteiger partial charge in [0.1, 0.15) is 5.82 Å². The Kier molecular flexibility index (Phi) is 6.27. The van der Waals surface area contributed by atoms with E-state index in [-0.39, 0.29) is 11.8 Å². The zero-order chi connectivity index (χ0) is 22.7. The van der Waals surface area contributed by atoms with Crippen LogP contribution in [0.4, 0.5) is 15.2 Å². The van der Waals surface area contributed by atoms with Gasteiger partial charge in [0, 0.05) is 16.1 Å². The quantitative estimate of drug-likeness (QED) is 0.540. The fourth-order valence-corrected chi connectivity index (χ4v) is 4.47. The molecule has 164 valence electrons. The summed E-state index contributed by atoms with van der Waals surface area (Å²) in [7, 11) is 0. The number of thiazole rings is 1. The second-order valence-electron chi connectivity index (χ2n) is 7.17. The van der Waals surface area contributed by atoms with Gasteiger partial charge in [0.05, 0.1) is 23.8 Å². The molecule has 0 spiro atoms. The predicted octanol–water partition coefficient (Wildman–Crippen LogP) is 4.38. The number of carbonyl (C=O) groups excluding carboxylic acids is 3. The van der Waals surface area contributed by atoms with Gasteiger partial charge in [0.25, 0.3) is 5.91 Å². The minimum atomic E-state index is -0.428. The zero-order valence-corrected chi connectivity index (χ0v) is 18.0. The average Bonchev–Trinajstić information content (AvgIpc) is 3.35. The van der Waals surface area contributed by atoms with Gasteiger partial charge < -0.3 is 10.1 Å². The SMILES string of the molecule is CCOC(=O)c1ccc(NC(=O)C2CCc3sc(NC(=O)c4ccc(F)cc4)nc32)cc1. The van der Waals surface area contributed by atoms with Crippen LogP contribution in [0.5, 0.6) is 0 Å². The number of ether oxygens (including phenoxy) is 1. The molecule has 0 saturated carbocycles. The third-order valence-electron chi connectivity index (χ3n) is 5.02. The highest BCUT2D eigenvalue weighted by atomic mass is 32.1. The summed E-state index contributed by atoms with van der Waals surface area (Å²) < 4.78 is 18.0. The van der Waals surface area contributed by atoms with Crippen LogP contribution in [0.25, 0.3) is 0 Å². The van der Waals surface area contributed by atoms with Crippen LogP contribution in [0.3, 0.4) is 0 Å². The Balaban J connectivity index is 1.41. The first kappa shape index (κ1) is 21.6. The molecule has 1 aliphatic carbocycles. The Hall–Kier alpha value is -3.59. The minimum absolute atomic E-state index is 0.200.